The second-order valence-electron chi connectivity index (χ2n) is 12.5. The molecule has 0 bridgehead atoms. The summed E-state index contributed by atoms with van der Waals surface area (Å²) in [7, 11) is 0. The lowest BCUT2D eigenvalue weighted by Gasteiger charge is -2.25. The highest BCUT2D eigenvalue weighted by atomic mass is 15.0. The lowest BCUT2D eigenvalue weighted by molar-refractivity contribution is 0.761. The van der Waals surface area contributed by atoms with E-state index in [0.29, 0.717) is 11.5 Å². The Bertz CT molecular complexity index is 2600. The van der Waals surface area contributed by atoms with Gasteiger partial charge in [-0.2, -0.15) is 5.26 Å². The average Bonchev–Trinajstić information content (AvgIpc) is 3.65. The third-order valence-corrected chi connectivity index (χ3v) is 9.80. The summed E-state index contributed by atoms with van der Waals surface area (Å²) >= 11 is 0. The zero-order valence-electron chi connectivity index (χ0n) is 26.1. The molecule has 0 fully saturated rings. The number of para-hydroxylation sites is 5. The monoisotopic (exact) mass is 601 g/mol. The number of allylic oxidation sites excluding steroid dienone is 4. The molecule has 2 heterocycles. The molecule has 0 aliphatic heterocycles. The van der Waals surface area contributed by atoms with Gasteiger partial charge in [0.15, 0.2) is 0 Å². The Morgan fingerprint density at radius 1 is 0.553 bits per heavy atom. The molecule has 0 saturated carbocycles. The minimum Gasteiger partial charge on any atom is -0.309 e. The van der Waals surface area contributed by atoms with E-state index >= 15 is 0 Å². The first-order chi connectivity index (χ1) is 23.2. The molecule has 1 aliphatic carbocycles. The first-order valence-corrected chi connectivity index (χ1v) is 16.2. The van der Waals surface area contributed by atoms with Crippen LogP contribution in [0.4, 0.5) is 0 Å². The Labute approximate surface area is 273 Å². The van der Waals surface area contributed by atoms with Crippen LogP contribution in [-0.2, 0) is 0 Å². The third kappa shape index (κ3) is 4.12. The topological polar surface area (TPSA) is 33.6 Å². The molecule has 1 unspecified atom stereocenters. The highest BCUT2D eigenvalue weighted by molar-refractivity contribution is 6.18. The van der Waals surface area contributed by atoms with Gasteiger partial charge in [0.2, 0.25) is 0 Å². The van der Waals surface area contributed by atoms with Gasteiger partial charge in [-0.25, -0.2) is 0 Å². The Balaban J connectivity index is 1.41. The van der Waals surface area contributed by atoms with Gasteiger partial charge in [0.05, 0.1) is 33.7 Å². The molecule has 9 rings (SSSR count). The standard InChI is InChI=1S/C44H31N3/c1-29-12-9-17-35(38-20-10-18-36-33-15-5-8-23-41(33)47(43(36)38)32-26-24-30(28-45)25-27-32)42(29)39-21-11-19-37-34-16-6-7-22-40(34)46(44(37)39)31-13-3-2-4-14-31/h2-11,13-27,29H,12H2,1H3. The first-order valence-electron chi connectivity index (χ1n) is 16.2. The lowest BCUT2D eigenvalue weighted by atomic mass is 9.80. The average molecular weight is 602 g/mol. The summed E-state index contributed by atoms with van der Waals surface area (Å²) < 4.78 is 4.82. The fraction of sp³-hybridized carbons (Fsp3) is 0.0682. The van der Waals surface area contributed by atoms with E-state index in [1.54, 1.807) is 0 Å². The van der Waals surface area contributed by atoms with Gasteiger partial charge in [-0.15, -0.1) is 0 Å². The van der Waals surface area contributed by atoms with Crippen LogP contribution in [0.25, 0.3) is 66.1 Å². The largest absolute Gasteiger partial charge is 0.309 e. The van der Waals surface area contributed by atoms with Crippen LogP contribution in [0.5, 0.6) is 0 Å². The second kappa shape index (κ2) is 10.8. The Hall–Kier alpha value is -6.11. The SMILES string of the molecule is CC1CC=CC(c2cccc3c4ccccc4n(-c4ccc(C#N)cc4)c23)=C1c1cccc2c3ccccc3n(-c3ccccc3)c12. The molecule has 8 aromatic rings. The van der Waals surface area contributed by atoms with Crippen molar-refractivity contribution < 1.29 is 0 Å². The smallest absolute Gasteiger partial charge is 0.0991 e. The van der Waals surface area contributed by atoms with Gasteiger partial charge in [0.25, 0.3) is 0 Å². The van der Waals surface area contributed by atoms with E-state index < -0.39 is 0 Å². The van der Waals surface area contributed by atoms with E-state index in [4.69, 9.17) is 0 Å². The summed E-state index contributed by atoms with van der Waals surface area (Å²) in [5, 5.41) is 14.5. The molecule has 3 nitrogen and oxygen atoms in total. The number of nitrogens with zero attached hydrogens (tertiary/aromatic N) is 3. The third-order valence-electron chi connectivity index (χ3n) is 9.80. The predicted molar refractivity (Wildman–Crippen MR) is 196 cm³/mol. The van der Waals surface area contributed by atoms with Crippen molar-refractivity contribution in [3.05, 3.63) is 168 Å². The van der Waals surface area contributed by atoms with Gasteiger partial charge in [0, 0.05) is 44.0 Å². The van der Waals surface area contributed by atoms with Crippen molar-refractivity contribution in [3.8, 4) is 17.4 Å². The van der Waals surface area contributed by atoms with Gasteiger partial charge in [-0.05, 0) is 72.0 Å². The number of benzene rings is 6. The molecule has 3 heteroatoms. The minimum absolute atomic E-state index is 0.311. The van der Waals surface area contributed by atoms with Gasteiger partial charge in [-0.3, -0.25) is 0 Å². The van der Waals surface area contributed by atoms with Crippen molar-refractivity contribution in [2.24, 2.45) is 5.92 Å². The number of nitriles is 1. The molecular weight excluding hydrogens is 571 g/mol. The van der Waals surface area contributed by atoms with E-state index in [-0.39, 0.29) is 0 Å². The number of hydrogen-bond acceptors (Lipinski definition) is 1. The van der Waals surface area contributed by atoms with Gasteiger partial charge in [0.1, 0.15) is 0 Å². The van der Waals surface area contributed by atoms with Crippen LogP contribution >= 0.6 is 0 Å². The zero-order valence-corrected chi connectivity index (χ0v) is 26.1. The summed E-state index contributed by atoms with van der Waals surface area (Å²) in [5.41, 5.74) is 12.8. The van der Waals surface area contributed by atoms with Crippen LogP contribution in [0.1, 0.15) is 30.0 Å². The van der Waals surface area contributed by atoms with Crippen LogP contribution in [0.2, 0.25) is 0 Å². The first kappa shape index (κ1) is 27.2. The minimum atomic E-state index is 0.311. The normalized spacial score (nSPS) is 14.9. The number of fused-ring (bicyclic) bond motifs is 6. The fourth-order valence-electron chi connectivity index (χ4n) is 7.78. The lowest BCUT2D eigenvalue weighted by Crippen LogP contribution is -2.08. The van der Waals surface area contributed by atoms with Crippen LogP contribution in [0.15, 0.2) is 152 Å². The van der Waals surface area contributed by atoms with Crippen molar-refractivity contribution in [3.63, 3.8) is 0 Å². The van der Waals surface area contributed by atoms with E-state index in [0.717, 1.165) is 23.3 Å². The van der Waals surface area contributed by atoms with Crippen molar-refractivity contribution in [1.29, 1.82) is 5.26 Å². The van der Waals surface area contributed by atoms with Crippen LogP contribution < -0.4 is 0 Å². The maximum Gasteiger partial charge on any atom is 0.0991 e. The molecule has 1 atom stereocenters. The van der Waals surface area contributed by atoms with Crippen LogP contribution in [0, 0.1) is 17.2 Å². The molecule has 0 spiro atoms. The van der Waals surface area contributed by atoms with E-state index in [9.17, 15) is 5.26 Å². The number of aromatic nitrogens is 2. The van der Waals surface area contributed by atoms with E-state index in [1.807, 2.05) is 12.1 Å². The zero-order chi connectivity index (χ0) is 31.5. The number of rotatable bonds is 4. The molecule has 1 aliphatic rings. The van der Waals surface area contributed by atoms with Gasteiger partial charge >= 0.3 is 0 Å². The Morgan fingerprint density at radius 2 is 1.09 bits per heavy atom. The summed E-state index contributed by atoms with van der Waals surface area (Å²) in [5.74, 6) is 0.311. The van der Waals surface area contributed by atoms with E-state index in [1.165, 1.54) is 60.4 Å². The Kier molecular flexibility index (Phi) is 6.23. The van der Waals surface area contributed by atoms with Crippen molar-refractivity contribution in [2.75, 3.05) is 0 Å². The number of hydrogen-bond donors (Lipinski definition) is 0. The molecule has 0 amide bonds. The van der Waals surface area contributed by atoms with E-state index in [2.05, 4.69) is 162 Å². The molecule has 0 saturated heterocycles. The van der Waals surface area contributed by atoms with Crippen LogP contribution in [0.3, 0.4) is 0 Å². The molecule has 222 valence electrons. The van der Waals surface area contributed by atoms with Gasteiger partial charge in [-0.1, -0.05) is 110 Å². The molecule has 0 N–H and O–H groups in total. The summed E-state index contributed by atoms with van der Waals surface area (Å²) in [6, 6.07) is 51.9. The summed E-state index contributed by atoms with van der Waals surface area (Å²) in [6.45, 7) is 2.36. The molecule has 6 aromatic carbocycles. The van der Waals surface area contributed by atoms with Gasteiger partial charge < -0.3 is 9.13 Å². The molecule has 47 heavy (non-hydrogen) atoms. The van der Waals surface area contributed by atoms with Crippen LogP contribution in [-0.4, -0.2) is 9.13 Å². The summed E-state index contributed by atoms with van der Waals surface area (Å²) in [6.07, 6.45) is 5.67. The highest BCUT2D eigenvalue weighted by Gasteiger charge is 2.26. The molecule has 0 radical (unpaired) electrons. The molecular formula is C44H31N3. The van der Waals surface area contributed by atoms with Crippen molar-refractivity contribution >= 4 is 54.8 Å². The predicted octanol–water partition coefficient (Wildman–Crippen LogP) is 11.3. The highest BCUT2D eigenvalue weighted by Crippen LogP contribution is 2.46. The molecule has 2 aromatic heterocycles. The quantitative estimate of drug-likeness (QED) is 0.198. The maximum atomic E-state index is 9.52. The van der Waals surface area contributed by atoms with Crippen molar-refractivity contribution in [2.45, 2.75) is 13.3 Å². The fourth-order valence-corrected chi connectivity index (χ4v) is 7.78. The second-order valence-corrected chi connectivity index (χ2v) is 12.5. The summed E-state index contributed by atoms with van der Waals surface area (Å²) in [4.78, 5) is 0. The van der Waals surface area contributed by atoms with Crippen molar-refractivity contribution in [1.82, 2.24) is 9.13 Å². The Morgan fingerprint density at radius 3 is 1.72 bits per heavy atom. The maximum absolute atomic E-state index is 9.52.